The Kier molecular flexibility index (Phi) is 3.96. The number of rotatable bonds is 2. The lowest BCUT2D eigenvalue weighted by Crippen LogP contribution is -2.06. The van der Waals surface area contributed by atoms with Crippen molar-refractivity contribution in [2.75, 3.05) is 5.73 Å². The highest BCUT2D eigenvalue weighted by Gasteiger charge is 2.31. The van der Waals surface area contributed by atoms with Crippen LogP contribution in [0.2, 0.25) is 5.02 Å². The second-order valence-electron chi connectivity index (χ2n) is 4.10. The van der Waals surface area contributed by atoms with E-state index in [1.54, 1.807) is 0 Å². The summed E-state index contributed by atoms with van der Waals surface area (Å²) in [5, 5.41) is 9.28. The fourth-order valence-corrected chi connectivity index (χ4v) is 1.77. The SMILES string of the molecule is N#Cc1ccc(Cl)cc1Oc1ccc(C(F)(F)F)cc1N. The van der Waals surface area contributed by atoms with E-state index in [1.165, 1.54) is 18.2 Å². The highest BCUT2D eigenvalue weighted by molar-refractivity contribution is 6.30. The largest absolute Gasteiger partial charge is 0.454 e. The first-order valence-electron chi connectivity index (χ1n) is 5.65. The minimum atomic E-state index is -4.49. The Morgan fingerprint density at radius 3 is 2.38 bits per heavy atom. The molecule has 2 N–H and O–H groups in total. The minimum Gasteiger partial charge on any atom is -0.454 e. The predicted octanol–water partition coefficient (Wildman–Crippen LogP) is 4.60. The third-order valence-electron chi connectivity index (χ3n) is 2.62. The number of nitrogen functional groups attached to an aromatic ring is 1. The Balaban J connectivity index is 2.37. The summed E-state index contributed by atoms with van der Waals surface area (Å²) in [7, 11) is 0. The molecule has 0 aromatic heterocycles. The molecule has 0 aliphatic rings. The van der Waals surface area contributed by atoms with E-state index in [1.807, 2.05) is 6.07 Å². The minimum absolute atomic E-state index is 0.0155. The fraction of sp³-hybridized carbons (Fsp3) is 0.0714. The van der Waals surface area contributed by atoms with Crippen LogP contribution >= 0.6 is 11.6 Å². The molecule has 0 fully saturated rings. The van der Waals surface area contributed by atoms with Gasteiger partial charge in [-0.15, -0.1) is 0 Å². The normalized spacial score (nSPS) is 11.0. The molecule has 108 valence electrons. The quantitative estimate of drug-likeness (QED) is 0.824. The first-order valence-corrected chi connectivity index (χ1v) is 6.03. The number of nitriles is 1. The number of halogens is 4. The molecule has 0 spiro atoms. The molecule has 0 aliphatic heterocycles. The molecule has 0 amide bonds. The van der Waals surface area contributed by atoms with Crippen molar-refractivity contribution in [3.63, 3.8) is 0 Å². The van der Waals surface area contributed by atoms with E-state index in [4.69, 9.17) is 27.3 Å². The summed E-state index contributed by atoms with van der Waals surface area (Å²) in [5.41, 5.74) is 4.69. The molecule has 7 heteroatoms. The van der Waals surface area contributed by atoms with E-state index in [0.717, 1.165) is 18.2 Å². The van der Waals surface area contributed by atoms with Crippen LogP contribution in [0.1, 0.15) is 11.1 Å². The fourth-order valence-electron chi connectivity index (χ4n) is 1.61. The Morgan fingerprint density at radius 2 is 1.81 bits per heavy atom. The van der Waals surface area contributed by atoms with Gasteiger partial charge in [0.2, 0.25) is 0 Å². The zero-order chi connectivity index (χ0) is 15.6. The molecule has 0 saturated carbocycles. The molecule has 2 rings (SSSR count). The smallest absolute Gasteiger partial charge is 0.416 e. The molecular weight excluding hydrogens is 305 g/mol. The summed E-state index contributed by atoms with van der Waals surface area (Å²) in [6.45, 7) is 0. The molecule has 0 saturated heterocycles. The van der Waals surface area contributed by atoms with E-state index in [9.17, 15) is 13.2 Å². The molecule has 0 atom stereocenters. The Hall–Kier alpha value is -2.39. The number of hydrogen-bond acceptors (Lipinski definition) is 3. The van der Waals surface area contributed by atoms with Gasteiger partial charge >= 0.3 is 6.18 Å². The number of nitrogens with two attached hydrogens (primary N) is 1. The van der Waals surface area contributed by atoms with Crippen LogP contribution in [-0.2, 0) is 6.18 Å². The highest BCUT2D eigenvalue weighted by atomic mass is 35.5. The number of alkyl halides is 3. The van der Waals surface area contributed by atoms with Gasteiger partial charge in [-0.25, -0.2) is 0 Å². The Bertz CT molecular complexity index is 723. The Morgan fingerprint density at radius 1 is 1.10 bits per heavy atom. The van der Waals surface area contributed by atoms with E-state index < -0.39 is 11.7 Å². The molecule has 0 radical (unpaired) electrons. The van der Waals surface area contributed by atoms with Gasteiger partial charge in [-0.1, -0.05) is 11.6 Å². The van der Waals surface area contributed by atoms with Crippen LogP contribution in [0.4, 0.5) is 18.9 Å². The van der Waals surface area contributed by atoms with Crippen molar-refractivity contribution in [2.45, 2.75) is 6.18 Å². The number of ether oxygens (including phenoxy) is 1. The predicted molar refractivity (Wildman–Crippen MR) is 72.1 cm³/mol. The summed E-state index contributed by atoms with van der Waals surface area (Å²) >= 11 is 5.80. The van der Waals surface area contributed by atoms with Crippen molar-refractivity contribution in [1.29, 1.82) is 5.26 Å². The maximum absolute atomic E-state index is 12.5. The van der Waals surface area contributed by atoms with Crippen molar-refractivity contribution in [1.82, 2.24) is 0 Å². The van der Waals surface area contributed by atoms with Crippen LogP contribution in [0.3, 0.4) is 0 Å². The number of benzene rings is 2. The molecule has 0 heterocycles. The average Bonchev–Trinajstić information content (AvgIpc) is 2.40. The lowest BCUT2D eigenvalue weighted by atomic mass is 10.1. The summed E-state index contributed by atoms with van der Waals surface area (Å²) in [6, 6.07) is 8.94. The van der Waals surface area contributed by atoms with Crippen molar-refractivity contribution >= 4 is 17.3 Å². The molecule has 0 bridgehead atoms. The average molecular weight is 313 g/mol. The number of anilines is 1. The summed E-state index contributed by atoms with van der Waals surface area (Å²) in [5.74, 6) is 0.137. The zero-order valence-electron chi connectivity index (χ0n) is 10.4. The second kappa shape index (κ2) is 5.54. The van der Waals surface area contributed by atoms with Crippen molar-refractivity contribution in [3.05, 3.63) is 52.5 Å². The van der Waals surface area contributed by atoms with Gasteiger partial charge in [-0.3, -0.25) is 0 Å². The van der Waals surface area contributed by atoms with Gasteiger partial charge in [0, 0.05) is 11.1 Å². The molecule has 0 unspecified atom stereocenters. The first kappa shape index (κ1) is 15.0. The van der Waals surface area contributed by atoms with Gasteiger partial charge < -0.3 is 10.5 Å². The molecule has 21 heavy (non-hydrogen) atoms. The van der Waals surface area contributed by atoms with Crippen molar-refractivity contribution in [3.8, 4) is 17.6 Å². The van der Waals surface area contributed by atoms with Crippen LogP contribution in [-0.4, -0.2) is 0 Å². The summed E-state index contributed by atoms with van der Waals surface area (Å²) < 4.78 is 43.0. The lowest BCUT2D eigenvalue weighted by molar-refractivity contribution is -0.137. The molecule has 0 aliphatic carbocycles. The van der Waals surface area contributed by atoms with Crippen LogP contribution in [0.15, 0.2) is 36.4 Å². The standard InChI is InChI=1S/C14H8ClF3N2O/c15-10-3-1-8(7-19)13(6-10)21-12-4-2-9(5-11(12)20)14(16,17)18/h1-6H,20H2. The van der Waals surface area contributed by atoms with Gasteiger partial charge in [0.05, 0.1) is 16.8 Å². The van der Waals surface area contributed by atoms with E-state index >= 15 is 0 Å². The van der Waals surface area contributed by atoms with E-state index in [2.05, 4.69) is 0 Å². The monoisotopic (exact) mass is 312 g/mol. The lowest BCUT2D eigenvalue weighted by Gasteiger charge is -2.12. The maximum Gasteiger partial charge on any atom is 0.416 e. The van der Waals surface area contributed by atoms with Gasteiger partial charge in [0.1, 0.15) is 17.6 Å². The van der Waals surface area contributed by atoms with Crippen molar-refractivity contribution < 1.29 is 17.9 Å². The van der Waals surface area contributed by atoms with Gasteiger partial charge in [0.15, 0.2) is 0 Å². The van der Waals surface area contributed by atoms with Gasteiger partial charge in [0.25, 0.3) is 0 Å². The maximum atomic E-state index is 12.5. The molecule has 2 aromatic carbocycles. The van der Waals surface area contributed by atoms with Crippen LogP contribution in [0.5, 0.6) is 11.5 Å². The molecule has 2 aromatic rings. The summed E-state index contributed by atoms with van der Waals surface area (Å²) in [4.78, 5) is 0. The first-order chi connectivity index (χ1) is 9.81. The highest BCUT2D eigenvalue weighted by Crippen LogP contribution is 2.36. The number of hydrogen-bond donors (Lipinski definition) is 1. The van der Waals surface area contributed by atoms with Crippen molar-refractivity contribution in [2.24, 2.45) is 0 Å². The van der Waals surface area contributed by atoms with Crippen LogP contribution in [0, 0.1) is 11.3 Å². The van der Waals surface area contributed by atoms with E-state index in [0.29, 0.717) is 5.02 Å². The van der Waals surface area contributed by atoms with Crippen LogP contribution in [0.25, 0.3) is 0 Å². The third-order valence-corrected chi connectivity index (χ3v) is 2.86. The van der Waals surface area contributed by atoms with Gasteiger partial charge in [-0.2, -0.15) is 18.4 Å². The zero-order valence-corrected chi connectivity index (χ0v) is 11.2. The second-order valence-corrected chi connectivity index (χ2v) is 4.54. The Labute approximate surface area is 123 Å². The molecular formula is C14H8ClF3N2O. The van der Waals surface area contributed by atoms with Gasteiger partial charge in [-0.05, 0) is 30.3 Å². The summed E-state index contributed by atoms with van der Waals surface area (Å²) in [6.07, 6.45) is -4.49. The van der Waals surface area contributed by atoms with Crippen LogP contribution < -0.4 is 10.5 Å². The molecule has 3 nitrogen and oxygen atoms in total. The topological polar surface area (TPSA) is 59.0 Å². The third kappa shape index (κ3) is 3.38. The van der Waals surface area contributed by atoms with E-state index in [-0.39, 0.29) is 22.7 Å². The number of nitrogens with zero attached hydrogens (tertiary/aromatic N) is 1.